The number of hydrogen-bond donors (Lipinski definition) is 4. The van der Waals surface area contributed by atoms with Crippen LogP contribution in [0.1, 0.15) is 76.3 Å². The molecule has 0 radical (unpaired) electrons. The number of nitrogens with two attached hydrogens (primary N) is 1. The number of benzene rings is 3. The number of carbonyl (C=O) groups is 5. The van der Waals surface area contributed by atoms with Gasteiger partial charge in [0.05, 0.1) is 48.6 Å². The van der Waals surface area contributed by atoms with Crippen molar-refractivity contribution < 1.29 is 51.4 Å². The zero-order valence-electron chi connectivity index (χ0n) is 33.9. The Balaban J connectivity index is 0.929. The van der Waals surface area contributed by atoms with Gasteiger partial charge in [-0.3, -0.25) is 34.2 Å². The van der Waals surface area contributed by atoms with E-state index in [1.807, 2.05) is 0 Å². The number of likely N-dealkylation sites (N-methyl/N-ethyl adjacent to an activating group) is 1. The van der Waals surface area contributed by atoms with Crippen LogP contribution in [0.5, 0.6) is 11.5 Å². The standard InChI is InChI=1S/C42H45F3N8O8/c1-22(24-14-25(42(43,44)45)16-26(46)15-24)48-37-28-17-33(32(59-4)18-30(28)49-23(2)50-37)61-21-41(10-11-41)20-52(3)35(55)19-60-13-12-47-29-7-5-6-27-36(29)40(58)53(39(27)57)31-8-9-34(54)51-38(31)56/h5-7,14-18,22,31,47H,8-13,19-21,46H2,1-4H3,(H,48,49,50)(H,51,54,56)/t22-,31?/m1/s1. The lowest BCUT2D eigenvalue weighted by Gasteiger charge is -2.27. The molecule has 322 valence electrons. The highest BCUT2D eigenvalue weighted by molar-refractivity contribution is 6.25. The van der Waals surface area contributed by atoms with Gasteiger partial charge in [0.1, 0.15) is 24.3 Å². The van der Waals surface area contributed by atoms with Crippen molar-refractivity contribution >= 4 is 57.6 Å². The van der Waals surface area contributed by atoms with Crippen molar-refractivity contribution in [3.63, 3.8) is 0 Å². The molecule has 3 aliphatic rings. The van der Waals surface area contributed by atoms with Crippen LogP contribution >= 0.6 is 0 Å². The quantitative estimate of drug-likeness (QED) is 0.0676. The second-order valence-corrected chi connectivity index (χ2v) is 15.6. The van der Waals surface area contributed by atoms with Crippen molar-refractivity contribution in [2.75, 3.05) is 63.4 Å². The average Bonchev–Trinajstić information content (AvgIpc) is 3.92. The average molecular weight is 847 g/mol. The zero-order valence-corrected chi connectivity index (χ0v) is 33.9. The van der Waals surface area contributed by atoms with Crippen LogP contribution in [0, 0.1) is 12.3 Å². The van der Waals surface area contributed by atoms with E-state index >= 15 is 0 Å². The molecule has 0 bridgehead atoms. The van der Waals surface area contributed by atoms with Crippen LogP contribution in [-0.4, -0.2) is 102 Å². The fourth-order valence-electron chi connectivity index (χ4n) is 7.55. The maximum atomic E-state index is 13.5. The molecule has 1 unspecified atom stereocenters. The van der Waals surface area contributed by atoms with E-state index in [-0.39, 0.29) is 67.3 Å². The second-order valence-electron chi connectivity index (χ2n) is 15.6. The highest BCUT2D eigenvalue weighted by atomic mass is 19.4. The number of alkyl halides is 3. The Bertz CT molecular complexity index is 2420. The number of fused-ring (bicyclic) bond motifs is 2. The van der Waals surface area contributed by atoms with Crippen molar-refractivity contribution in [3.05, 3.63) is 76.6 Å². The van der Waals surface area contributed by atoms with E-state index in [0.717, 1.165) is 29.9 Å². The minimum atomic E-state index is -4.56. The molecule has 1 aromatic heterocycles. The summed E-state index contributed by atoms with van der Waals surface area (Å²) in [5.74, 6) is -1.02. The molecular formula is C42H45F3N8O8. The molecule has 1 aliphatic carbocycles. The molecule has 16 nitrogen and oxygen atoms in total. The minimum Gasteiger partial charge on any atom is -0.493 e. The van der Waals surface area contributed by atoms with Crippen molar-refractivity contribution in [2.45, 2.75) is 57.8 Å². The number of anilines is 3. The Morgan fingerprint density at radius 3 is 2.56 bits per heavy atom. The monoisotopic (exact) mass is 846 g/mol. The molecule has 1 saturated heterocycles. The number of hydrogen-bond acceptors (Lipinski definition) is 13. The van der Waals surface area contributed by atoms with E-state index in [2.05, 4.69) is 25.9 Å². The largest absolute Gasteiger partial charge is 0.493 e. The molecule has 4 aromatic rings. The van der Waals surface area contributed by atoms with Crippen LogP contribution < -0.4 is 31.2 Å². The topological polar surface area (TPSA) is 207 Å². The highest BCUT2D eigenvalue weighted by Crippen LogP contribution is 2.47. The number of rotatable bonds is 16. The predicted molar refractivity (Wildman–Crippen MR) is 216 cm³/mol. The maximum absolute atomic E-state index is 13.5. The molecule has 7 rings (SSSR count). The highest BCUT2D eigenvalue weighted by Gasteiger charge is 2.46. The fraction of sp³-hybridized carbons (Fsp3) is 0.405. The molecule has 2 fully saturated rings. The number of carbonyl (C=O) groups excluding carboxylic acids is 5. The van der Waals surface area contributed by atoms with Gasteiger partial charge < -0.3 is 35.5 Å². The summed E-state index contributed by atoms with van der Waals surface area (Å²) in [5, 5.41) is 9.05. The maximum Gasteiger partial charge on any atom is 0.416 e. The second kappa shape index (κ2) is 16.9. The molecule has 2 atom stereocenters. The minimum absolute atomic E-state index is 0.0145. The van der Waals surface area contributed by atoms with Crippen molar-refractivity contribution in [3.8, 4) is 11.5 Å². The van der Waals surface area contributed by atoms with Gasteiger partial charge in [0.2, 0.25) is 17.7 Å². The zero-order chi connectivity index (χ0) is 43.8. The molecule has 1 saturated carbocycles. The number of nitrogens with one attached hydrogen (secondary N) is 3. The SMILES string of the molecule is COc1cc2nc(C)nc(N[C@H](C)c3cc(N)cc(C(F)(F)F)c3)c2cc1OCC1(CN(C)C(=O)COCCNc2cccc3c2C(=O)N(C2CCC(=O)NC2=O)C3=O)CC1. The Kier molecular flexibility index (Phi) is 11.8. The molecular weight excluding hydrogens is 802 g/mol. The summed E-state index contributed by atoms with van der Waals surface area (Å²) in [6.45, 7) is 4.17. The number of aryl methyl sites for hydroxylation is 1. The predicted octanol–water partition coefficient (Wildman–Crippen LogP) is 4.87. The van der Waals surface area contributed by atoms with Gasteiger partial charge >= 0.3 is 6.18 Å². The van der Waals surface area contributed by atoms with E-state index < -0.39 is 47.5 Å². The number of nitrogens with zero attached hydrogens (tertiary/aromatic N) is 4. The Morgan fingerprint density at radius 1 is 1.08 bits per heavy atom. The molecule has 19 heteroatoms. The summed E-state index contributed by atoms with van der Waals surface area (Å²) in [6.07, 6.45) is -2.88. The summed E-state index contributed by atoms with van der Waals surface area (Å²) in [7, 11) is 3.18. The van der Waals surface area contributed by atoms with Crippen LogP contribution in [0.2, 0.25) is 0 Å². The van der Waals surface area contributed by atoms with E-state index in [9.17, 15) is 37.1 Å². The van der Waals surface area contributed by atoms with Crippen LogP contribution in [0.15, 0.2) is 48.5 Å². The fourth-order valence-corrected chi connectivity index (χ4v) is 7.55. The van der Waals surface area contributed by atoms with Gasteiger partial charge in [-0.15, -0.1) is 0 Å². The van der Waals surface area contributed by atoms with Crippen LogP contribution in [0.3, 0.4) is 0 Å². The van der Waals surface area contributed by atoms with Gasteiger partial charge in [-0.05, 0) is 75.1 Å². The number of aromatic nitrogens is 2. The van der Waals surface area contributed by atoms with Crippen LogP contribution in [0.25, 0.3) is 10.9 Å². The summed E-state index contributed by atoms with van der Waals surface area (Å²) in [4.78, 5) is 75.2. The number of ether oxygens (including phenoxy) is 3. The smallest absolute Gasteiger partial charge is 0.416 e. The lowest BCUT2D eigenvalue weighted by Crippen LogP contribution is -2.54. The van der Waals surface area contributed by atoms with E-state index in [1.165, 1.54) is 19.2 Å². The van der Waals surface area contributed by atoms with Crippen molar-refractivity contribution in [1.29, 1.82) is 0 Å². The van der Waals surface area contributed by atoms with E-state index in [4.69, 9.17) is 19.9 Å². The van der Waals surface area contributed by atoms with E-state index in [1.54, 1.807) is 50.1 Å². The van der Waals surface area contributed by atoms with Gasteiger partial charge in [0, 0.05) is 54.8 Å². The first-order chi connectivity index (χ1) is 29.0. The Hall–Kier alpha value is -6.50. The summed E-state index contributed by atoms with van der Waals surface area (Å²) in [5.41, 5.74) is 6.14. The number of nitrogen functional groups attached to an aromatic ring is 1. The number of piperidine rings is 1. The molecule has 3 heterocycles. The van der Waals surface area contributed by atoms with E-state index in [0.29, 0.717) is 51.8 Å². The lowest BCUT2D eigenvalue weighted by atomic mass is 10.0. The summed E-state index contributed by atoms with van der Waals surface area (Å²) < 4.78 is 58.3. The first kappa shape index (κ1) is 42.6. The molecule has 3 aromatic carbocycles. The Morgan fingerprint density at radius 2 is 1.85 bits per heavy atom. The summed E-state index contributed by atoms with van der Waals surface area (Å²) >= 11 is 0. The normalized spacial score (nSPS) is 17.5. The van der Waals surface area contributed by atoms with Crippen LogP contribution in [0.4, 0.5) is 30.4 Å². The Labute approximate surface area is 348 Å². The van der Waals surface area contributed by atoms with Crippen molar-refractivity contribution in [2.24, 2.45) is 5.41 Å². The number of imide groups is 2. The van der Waals surface area contributed by atoms with Gasteiger partial charge in [-0.2, -0.15) is 13.2 Å². The molecule has 2 aliphatic heterocycles. The van der Waals surface area contributed by atoms with Gasteiger partial charge in [-0.1, -0.05) is 6.07 Å². The number of methoxy groups -OCH3 is 1. The first-order valence-electron chi connectivity index (χ1n) is 19.6. The molecule has 61 heavy (non-hydrogen) atoms. The third kappa shape index (κ3) is 9.15. The molecule has 5 amide bonds. The molecule has 0 spiro atoms. The number of amides is 5. The van der Waals surface area contributed by atoms with Crippen molar-refractivity contribution in [1.82, 2.24) is 25.1 Å². The molecule has 5 N–H and O–H groups in total. The lowest BCUT2D eigenvalue weighted by molar-refractivity contribution is -0.138. The van der Waals surface area contributed by atoms with Gasteiger partial charge in [0.15, 0.2) is 11.5 Å². The third-order valence-electron chi connectivity index (χ3n) is 11.0. The van der Waals surface area contributed by atoms with Gasteiger partial charge in [0.25, 0.3) is 11.8 Å². The number of halogens is 3. The first-order valence-corrected chi connectivity index (χ1v) is 19.6. The summed E-state index contributed by atoms with van der Waals surface area (Å²) in [6, 6.07) is 9.91. The van der Waals surface area contributed by atoms with Crippen LogP contribution in [-0.2, 0) is 25.3 Å². The third-order valence-corrected chi connectivity index (χ3v) is 11.0. The van der Waals surface area contributed by atoms with Gasteiger partial charge in [-0.25, -0.2) is 9.97 Å².